The van der Waals surface area contributed by atoms with E-state index >= 15 is 0 Å². The summed E-state index contributed by atoms with van der Waals surface area (Å²) in [6.07, 6.45) is 1.24. The fourth-order valence-electron chi connectivity index (χ4n) is 2.20. The van der Waals surface area contributed by atoms with Crippen LogP contribution in [-0.2, 0) is 12.8 Å². The molecule has 2 aromatic carbocycles. The van der Waals surface area contributed by atoms with Crippen LogP contribution in [0.4, 0.5) is 0 Å². The predicted octanol–water partition coefficient (Wildman–Crippen LogP) is 3.53. The average molecular weight is 288 g/mol. The standard InChI is InChI=1S/C17H18ClNO/c1-19-10-9-14-6-2-3-8-16(14)17(20)12-13-5-4-7-15(18)11-13/h2-8,11,19H,9-10,12H2,1H3. The molecule has 0 heterocycles. The number of benzene rings is 2. The van der Waals surface area contributed by atoms with E-state index in [0.29, 0.717) is 11.4 Å². The normalized spacial score (nSPS) is 10.5. The maximum atomic E-state index is 12.4. The lowest BCUT2D eigenvalue weighted by Crippen LogP contribution is -2.14. The molecule has 1 N–H and O–H groups in total. The Kier molecular flexibility index (Phi) is 5.33. The molecule has 0 aliphatic carbocycles. The lowest BCUT2D eigenvalue weighted by Gasteiger charge is -2.08. The van der Waals surface area contributed by atoms with Crippen LogP contribution in [0, 0.1) is 0 Å². The number of carbonyl (C=O) groups is 1. The highest BCUT2D eigenvalue weighted by Gasteiger charge is 2.11. The number of nitrogens with one attached hydrogen (secondary N) is 1. The maximum absolute atomic E-state index is 12.4. The second kappa shape index (κ2) is 7.22. The lowest BCUT2D eigenvalue weighted by molar-refractivity contribution is 0.0992. The Bertz CT molecular complexity index is 595. The summed E-state index contributed by atoms with van der Waals surface area (Å²) in [7, 11) is 1.91. The van der Waals surface area contributed by atoms with Crippen molar-refractivity contribution >= 4 is 17.4 Å². The maximum Gasteiger partial charge on any atom is 0.167 e. The zero-order valence-corrected chi connectivity index (χ0v) is 12.3. The van der Waals surface area contributed by atoms with Gasteiger partial charge in [0.2, 0.25) is 0 Å². The Labute approximate surface area is 124 Å². The minimum absolute atomic E-state index is 0.138. The summed E-state index contributed by atoms with van der Waals surface area (Å²) >= 11 is 5.95. The lowest BCUT2D eigenvalue weighted by atomic mass is 9.97. The SMILES string of the molecule is CNCCc1ccccc1C(=O)Cc1cccc(Cl)c1. The fourth-order valence-corrected chi connectivity index (χ4v) is 2.41. The predicted molar refractivity (Wildman–Crippen MR) is 83.6 cm³/mol. The molecule has 3 heteroatoms. The summed E-state index contributed by atoms with van der Waals surface area (Å²) < 4.78 is 0. The van der Waals surface area contributed by atoms with E-state index in [9.17, 15) is 4.79 Å². The van der Waals surface area contributed by atoms with Crippen molar-refractivity contribution in [3.8, 4) is 0 Å². The van der Waals surface area contributed by atoms with Gasteiger partial charge >= 0.3 is 0 Å². The third kappa shape index (κ3) is 3.92. The molecule has 0 amide bonds. The molecule has 0 aliphatic heterocycles. The second-order valence-electron chi connectivity index (χ2n) is 4.74. The Morgan fingerprint density at radius 3 is 2.70 bits per heavy atom. The van der Waals surface area contributed by atoms with E-state index in [0.717, 1.165) is 29.7 Å². The molecule has 0 unspecified atom stereocenters. The van der Waals surface area contributed by atoms with Crippen LogP contribution >= 0.6 is 11.6 Å². The molecule has 0 saturated heterocycles. The number of hydrogen-bond acceptors (Lipinski definition) is 2. The third-order valence-electron chi connectivity index (χ3n) is 3.22. The van der Waals surface area contributed by atoms with Crippen molar-refractivity contribution in [3.05, 3.63) is 70.2 Å². The number of likely N-dealkylation sites (N-methyl/N-ethyl adjacent to an activating group) is 1. The third-order valence-corrected chi connectivity index (χ3v) is 3.45. The fraction of sp³-hybridized carbons (Fsp3) is 0.235. The van der Waals surface area contributed by atoms with Gasteiger partial charge in [-0.15, -0.1) is 0 Å². The Morgan fingerprint density at radius 2 is 1.95 bits per heavy atom. The van der Waals surface area contributed by atoms with Gasteiger partial charge in [0.15, 0.2) is 5.78 Å². The number of hydrogen-bond donors (Lipinski definition) is 1. The number of halogens is 1. The van der Waals surface area contributed by atoms with Crippen LogP contribution < -0.4 is 5.32 Å². The van der Waals surface area contributed by atoms with E-state index in [1.807, 2.05) is 55.6 Å². The average Bonchev–Trinajstić information content (AvgIpc) is 2.45. The molecule has 0 aliphatic rings. The van der Waals surface area contributed by atoms with Gasteiger partial charge in [0, 0.05) is 17.0 Å². The van der Waals surface area contributed by atoms with Crippen molar-refractivity contribution in [3.63, 3.8) is 0 Å². The molecule has 20 heavy (non-hydrogen) atoms. The molecule has 0 bridgehead atoms. The second-order valence-corrected chi connectivity index (χ2v) is 5.18. The summed E-state index contributed by atoms with van der Waals surface area (Å²) in [5, 5.41) is 3.78. The minimum Gasteiger partial charge on any atom is -0.319 e. The van der Waals surface area contributed by atoms with Crippen molar-refractivity contribution < 1.29 is 4.79 Å². The van der Waals surface area contributed by atoms with Gasteiger partial charge in [-0.25, -0.2) is 0 Å². The van der Waals surface area contributed by atoms with Crippen molar-refractivity contribution in [2.45, 2.75) is 12.8 Å². The van der Waals surface area contributed by atoms with Crippen molar-refractivity contribution in [1.82, 2.24) is 5.32 Å². The van der Waals surface area contributed by atoms with Gasteiger partial charge in [0.25, 0.3) is 0 Å². The highest BCUT2D eigenvalue weighted by Crippen LogP contribution is 2.16. The zero-order chi connectivity index (χ0) is 14.4. The number of rotatable bonds is 6. The summed E-state index contributed by atoms with van der Waals surface area (Å²) in [6.45, 7) is 0.863. The molecule has 2 aromatic rings. The van der Waals surface area contributed by atoms with Crippen molar-refractivity contribution in [1.29, 1.82) is 0 Å². The number of ketones is 1. The monoisotopic (exact) mass is 287 g/mol. The van der Waals surface area contributed by atoms with Crippen LogP contribution in [0.25, 0.3) is 0 Å². The van der Waals surface area contributed by atoms with E-state index in [2.05, 4.69) is 5.32 Å². The highest BCUT2D eigenvalue weighted by atomic mass is 35.5. The van der Waals surface area contributed by atoms with E-state index in [4.69, 9.17) is 11.6 Å². The highest BCUT2D eigenvalue weighted by molar-refractivity contribution is 6.30. The Morgan fingerprint density at radius 1 is 1.15 bits per heavy atom. The summed E-state index contributed by atoms with van der Waals surface area (Å²) in [6, 6.07) is 15.3. The van der Waals surface area contributed by atoms with Gasteiger partial charge in [-0.05, 0) is 43.3 Å². The molecule has 0 fully saturated rings. The quantitative estimate of drug-likeness (QED) is 0.824. The van der Waals surface area contributed by atoms with E-state index in [1.165, 1.54) is 0 Å². The first-order valence-corrected chi connectivity index (χ1v) is 7.08. The Hall–Kier alpha value is -1.64. The van der Waals surface area contributed by atoms with Crippen LogP contribution in [0.15, 0.2) is 48.5 Å². The molecular formula is C17H18ClNO. The first-order chi connectivity index (χ1) is 9.70. The van der Waals surface area contributed by atoms with Crippen molar-refractivity contribution in [2.75, 3.05) is 13.6 Å². The summed E-state index contributed by atoms with van der Waals surface area (Å²) in [5.74, 6) is 0.138. The Balaban J connectivity index is 2.16. The molecular weight excluding hydrogens is 270 g/mol. The van der Waals surface area contributed by atoms with Gasteiger partial charge in [0.1, 0.15) is 0 Å². The molecule has 0 radical (unpaired) electrons. The first kappa shape index (κ1) is 14.8. The van der Waals surface area contributed by atoms with Gasteiger partial charge in [-0.3, -0.25) is 4.79 Å². The number of Topliss-reactive ketones (excluding diaryl/α,β-unsaturated/α-hetero) is 1. The van der Waals surface area contributed by atoms with Gasteiger partial charge in [0.05, 0.1) is 0 Å². The van der Waals surface area contributed by atoms with Gasteiger partial charge < -0.3 is 5.32 Å². The summed E-state index contributed by atoms with van der Waals surface area (Å²) in [5.41, 5.74) is 2.85. The minimum atomic E-state index is 0.138. The van der Waals surface area contributed by atoms with Crippen LogP contribution in [0.3, 0.4) is 0 Å². The molecule has 0 saturated carbocycles. The van der Waals surface area contributed by atoms with Crippen molar-refractivity contribution in [2.24, 2.45) is 0 Å². The van der Waals surface area contributed by atoms with E-state index in [1.54, 1.807) is 0 Å². The van der Waals surface area contributed by atoms with Gasteiger partial charge in [-0.1, -0.05) is 48.0 Å². The molecule has 2 nitrogen and oxygen atoms in total. The first-order valence-electron chi connectivity index (χ1n) is 6.71. The van der Waals surface area contributed by atoms with E-state index < -0.39 is 0 Å². The zero-order valence-electron chi connectivity index (χ0n) is 11.5. The smallest absolute Gasteiger partial charge is 0.167 e. The van der Waals surface area contributed by atoms with Crippen LogP contribution in [-0.4, -0.2) is 19.4 Å². The molecule has 104 valence electrons. The van der Waals surface area contributed by atoms with Crippen LogP contribution in [0.1, 0.15) is 21.5 Å². The molecule has 0 aromatic heterocycles. The molecule has 0 atom stereocenters. The van der Waals surface area contributed by atoms with Crippen LogP contribution in [0.2, 0.25) is 5.02 Å². The van der Waals surface area contributed by atoms with E-state index in [-0.39, 0.29) is 5.78 Å². The largest absolute Gasteiger partial charge is 0.319 e. The number of carbonyl (C=O) groups excluding carboxylic acids is 1. The summed E-state index contributed by atoms with van der Waals surface area (Å²) in [4.78, 5) is 12.4. The van der Waals surface area contributed by atoms with Gasteiger partial charge in [-0.2, -0.15) is 0 Å². The molecule has 0 spiro atoms. The van der Waals surface area contributed by atoms with Crippen LogP contribution in [0.5, 0.6) is 0 Å². The topological polar surface area (TPSA) is 29.1 Å². The molecule has 2 rings (SSSR count).